The summed E-state index contributed by atoms with van der Waals surface area (Å²) in [7, 11) is 3.17. The van der Waals surface area contributed by atoms with Gasteiger partial charge in [-0.15, -0.1) is 0 Å². The molecule has 1 saturated carbocycles. The molecule has 256 valence electrons. The summed E-state index contributed by atoms with van der Waals surface area (Å²) in [5, 5.41) is 4.93. The molecule has 1 amide bonds. The Labute approximate surface area is 283 Å². The first kappa shape index (κ1) is 35.0. The molecule has 0 atom stereocenters. The molecule has 1 fully saturated rings. The second kappa shape index (κ2) is 15.3. The summed E-state index contributed by atoms with van der Waals surface area (Å²) in [6.45, 7) is 13.5. The molecule has 4 heterocycles. The Morgan fingerprint density at radius 2 is 1.69 bits per heavy atom. The van der Waals surface area contributed by atoms with Crippen LogP contribution in [0.2, 0.25) is 0 Å². The second-order valence-corrected chi connectivity index (χ2v) is 14.0. The number of carbonyl (C=O) groups excluding carboxylic acids is 1. The van der Waals surface area contributed by atoms with E-state index >= 15 is 0 Å². The van der Waals surface area contributed by atoms with Gasteiger partial charge in [-0.3, -0.25) is 19.4 Å². The van der Waals surface area contributed by atoms with E-state index in [4.69, 9.17) is 29.5 Å². The Balaban J connectivity index is 1.32. The van der Waals surface area contributed by atoms with Crippen LogP contribution in [0, 0.1) is 12.8 Å². The Morgan fingerprint density at radius 3 is 2.27 bits per heavy atom. The van der Waals surface area contributed by atoms with Gasteiger partial charge in [0.25, 0.3) is 0 Å². The number of rotatable bonds is 12. The van der Waals surface area contributed by atoms with Gasteiger partial charge >= 0.3 is 6.01 Å². The van der Waals surface area contributed by atoms with Crippen LogP contribution in [0.4, 0.5) is 5.82 Å². The summed E-state index contributed by atoms with van der Waals surface area (Å²) in [4.78, 5) is 43.1. The standard InChI is InChI=1S/C36H49N9O3/c1-23(2)44-22-24(3)33(43-44)34-28(36(4,5)6)19-38-30(42-34)16-25-11-13-27(14-12-25)45(32(46)10-9-15-47-7)31-21-37-29(20-39-31)26-17-40-35(48-8)41-18-26/h17-23,25,27H,9-16H2,1-8H3. The lowest BCUT2D eigenvalue weighted by Crippen LogP contribution is -2.43. The highest BCUT2D eigenvalue weighted by Crippen LogP contribution is 2.35. The molecular formula is C36H49N9O3. The number of anilines is 1. The number of methoxy groups -OCH3 is 2. The smallest absolute Gasteiger partial charge is 0.316 e. The molecule has 0 bridgehead atoms. The average molecular weight is 656 g/mol. The van der Waals surface area contributed by atoms with E-state index in [2.05, 4.69) is 62.7 Å². The van der Waals surface area contributed by atoms with Gasteiger partial charge in [-0.05, 0) is 69.8 Å². The van der Waals surface area contributed by atoms with Gasteiger partial charge in [-0.2, -0.15) is 5.10 Å². The van der Waals surface area contributed by atoms with Crippen LogP contribution >= 0.6 is 0 Å². The normalized spacial score (nSPS) is 16.7. The lowest BCUT2D eigenvalue weighted by molar-refractivity contribution is -0.119. The SMILES string of the molecule is COCCCC(=O)N(c1cnc(-c2cnc(OC)nc2)cn1)C1CCC(Cc2ncc(C(C)(C)C)c(-c3nn(C(C)C)cc3C)n2)CC1. The van der Waals surface area contributed by atoms with Crippen molar-refractivity contribution in [1.82, 2.24) is 39.7 Å². The maximum atomic E-state index is 13.6. The number of aromatic nitrogens is 8. The van der Waals surface area contributed by atoms with Crippen LogP contribution in [0.5, 0.6) is 6.01 Å². The first-order valence-corrected chi connectivity index (χ1v) is 16.9. The van der Waals surface area contributed by atoms with Gasteiger partial charge in [-0.1, -0.05) is 20.8 Å². The molecule has 1 aliphatic rings. The molecule has 1 aliphatic carbocycles. The third-order valence-electron chi connectivity index (χ3n) is 8.97. The van der Waals surface area contributed by atoms with Crippen molar-refractivity contribution in [2.45, 2.75) is 104 Å². The molecule has 0 unspecified atom stereocenters. The first-order valence-electron chi connectivity index (χ1n) is 16.9. The molecule has 0 aliphatic heterocycles. The monoisotopic (exact) mass is 655 g/mol. The molecule has 48 heavy (non-hydrogen) atoms. The highest BCUT2D eigenvalue weighted by atomic mass is 16.5. The summed E-state index contributed by atoms with van der Waals surface area (Å²) < 4.78 is 12.3. The summed E-state index contributed by atoms with van der Waals surface area (Å²) in [6.07, 6.45) is 16.2. The number of nitrogens with zero attached hydrogens (tertiary/aromatic N) is 9. The van der Waals surface area contributed by atoms with Crippen LogP contribution in [0.15, 0.2) is 37.2 Å². The predicted octanol–water partition coefficient (Wildman–Crippen LogP) is 6.34. The van der Waals surface area contributed by atoms with Gasteiger partial charge < -0.3 is 9.47 Å². The zero-order valence-electron chi connectivity index (χ0n) is 29.6. The van der Waals surface area contributed by atoms with Crippen LogP contribution in [0.25, 0.3) is 22.6 Å². The Bertz CT molecular complexity index is 1660. The molecule has 4 aromatic rings. The fraction of sp³-hybridized carbons (Fsp3) is 0.556. The number of ether oxygens (including phenoxy) is 2. The molecule has 12 heteroatoms. The van der Waals surface area contributed by atoms with Crippen molar-refractivity contribution in [3.8, 4) is 28.7 Å². The van der Waals surface area contributed by atoms with E-state index in [1.165, 1.54) is 7.11 Å². The topological polar surface area (TPSA) is 134 Å². The molecule has 0 radical (unpaired) electrons. The Morgan fingerprint density at radius 1 is 0.958 bits per heavy atom. The number of carbonyl (C=O) groups is 1. The third kappa shape index (κ3) is 8.21. The van der Waals surface area contributed by atoms with Gasteiger partial charge in [-0.25, -0.2) is 24.9 Å². The van der Waals surface area contributed by atoms with Crippen molar-refractivity contribution in [3.05, 3.63) is 54.1 Å². The van der Waals surface area contributed by atoms with E-state index < -0.39 is 0 Å². The van der Waals surface area contributed by atoms with Crippen LogP contribution < -0.4 is 9.64 Å². The highest BCUT2D eigenvalue weighted by molar-refractivity contribution is 5.93. The van der Waals surface area contributed by atoms with Crippen molar-refractivity contribution < 1.29 is 14.3 Å². The number of hydrogen-bond donors (Lipinski definition) is 0. The zero-order chi connectivity index (χ0) is 34.4. The highest BCUT2D eigenvalue weighted by Gasteiger charge is 2.32. The molecule has 0 aromatic carbocycles. The first-order chi connectivity index (χ1) is 23.0. The van der Waals surface area contributed by atoms with Gasteiger partial charge in [0, 0.05) is 74.6 Å². The van der Waals surface area contributed by atoms with Crippen LogP contribution in [-0.4, -0.2) is 72.5 Å². The zero-order valence-corrected chi connectivity index (χ0v) is 29.6. The minimum Gasteiger partial charge on any atom is -0.467 e. The van der Waals surface area contributed by atoms with Crippen molar-refractivity contribution >= 4 is 11.7 Å². The third-order valence-corrected chi connectivity index (χ3v) is 8.97. The van der Waals surface area contributed by atoms with Crippen molar-refractivity contribution in [3.63, 3.8) is 0 Å². The molecule has 5 rings (SSSR count). The lowest BCUT2D eigenvalue weighted by atomic mass is 9.82. The molecule has 4 aromatic heterocycles. The number of hydrogen-bond acceptors (Lipinski definition) is 10. The van der Waals surface area contributed by atoms with Crippen molar-refractivity contribution in [2.24, 2.45) is 5.92 Å². The summed E-state index contributed by atoms with van der Waals surface area (Å²) in [5.74, 6) is 1.85. The van der Waals surface area contributed by atoms with Gasteiger partial charge in [0.15, 0.2) is 5.82 Å². The van der Waals surface area contributed by atoms with E-state index in [0.717, 1.165) is 66.0 Å². The van der Waals surface area contributed by atoms with E-state index in [1.54, 1.807) is 31.9 Å². The minimum atomic E-state index is -0.122. The van der Waals surface area contributed by atoms with Gasteiger partial charge in [0.05, 0.1) is 30.9 Å². The molecule has 0 saturated heterocycles. The molecule has 0 spiro atoms. The van der Waals surface area contributed by atoms with Crippen molar-refractivity contribution in [2.75, 3.05) is 25.7 Å². The minimum absolute atomic E-state index is 0.0307. The predicted molar refractivity (Wildman–Crippen MR) is 185 cm³/mol. The summed E-state index contributed by atoms with van der Waals surface area (Å²) in [6, 6.07) is 0.586. The van der Waals surface area contributed by atoms with Crippen LogP contribution in [0.3, 0.4) is 0 Å². The fourth-order valence-corrected chi connectivity index (χ4v) is 6.25. The van der Waals surface area contributed by atoms with E-state index in [9.17, 15) is 4.79 Å². The Hall–Kier alpha value is -4.32. The fourth-order valence-electron chi connectivity index (χ4n) is 6.25. The van der Waals surface area contributed by atoms with Crippen LogP contribution in [-0.2, 0) is 21.4 Å². The Kier molecular flexibility index (Phi) is 11.1. The van der Waals surface area contributed by atoms with Gasteiger partial charge in [0.1, 0.15) is 11.5 Å². The largest absolute Gasteiger partial charge is 0.467 e. The van der Waals surface area contributed by atoms with E-state index in [0.29, 0.717) is 36.9 Å². The maximum Gasteiger partial charge on any atom is 0.316 e. The average Bonchev–Trinajstić information content (AvgIpc) is 3.47. The molecular weight excluding hydrogens is 606 g/mol. The summed E-state index contributed by atoms with van der Waals surface area (Å²) >= 11 is 0. The molecule has 12 nitrogen and oxygen atoms in total. The molecule has 0 N–H and O–H groups in total. The van der Waals surface area contributed by atoms with E-state index in [-0.39, 0.29) is 29.4 Å². The van der Waals surface area contributed by atoms with Gasteiger partial charge in [0.2, 0.25) is 5.91 Å². The second-order valence-electron chi connectivity index (χ2n) is 14.0. The van der Waals surface area contributed by atoms with Crippen LogP contribution in [0.1, 0.15) is 96.1 Å². The number of amides is 1. The van der Waals surface area contributed by atoms with Crippen molar-refractivity contribution in [1.29, 1.82) is 0 Å². The summed E-state index contributed by atoms with van der Waals surface area (Å²) in [5.41, 5.74) is 5.29. The van der Waals surface area contributed by atoms with E-state index in [1.807, 2.05) is 15.8 Å². The maximum absolute atomic E-state index is 13.6. The lowest BCUT2D eigenvalue weighted by Gasteiger charge is -2.36. The number of aryl methyl sites for hydroxylation is 1. The quantitative estimate of drug-likeness (QED) is 0.159.